The summed E-state index contributed by atoms with van der Waals surface area (Å²) in [4.78, 5) is 17.4. The van der Waals surface area contributed by atoms with Crippen LogP contribution in [-0.2, 0) is 10.8 Å². The zero-order chi connectivity index (χ0) is 11.5. The summed E-state index contributed by atoms with van der Waals surface area (Å²) in [5, 5.41) is 9.49. The van der Waals surface area contributed by atoms with E-state index in [9.17, 15) is 14.1 Å². The smallest absolute Gasteiger partial charge is 0.276 e. The van der Waals surface area contributed by atoms with Crippen molar-refractivity contribution in [2.24, 2.45) is 0 Å². The van der Waals surface area contributed by atoms with Gasteiger partial charge in [-0.25, -0.2) is 4.98 Å². The molecule has 0 atom stereocenters. The number of aromatic hydroxyl groups is 1. The molecule has 6 heteroatoms. The lowest BCUT2D eigenvalue weighted by molar-refractivity contribution is 0.0762. The Balaban J connectivity index is 2.14. The van der Waals surface area contributed by atoms with Crippen LogP contribution in [-0.4, -0.2) is 49.7 Å². The summed E-state index contributed by atoms with van der Waals surface area (Å²) in [5.41, 5.74) is 0.0650. The molecule has 0 aliphatic carbocycles. The number of rotatable bonds is 1. The Kier molecular flexibility index (Phi) is 3.19. The molecule has 0 saturated carbocycles. The minimum atomic E-state index is -0.816. The van der Waals surface area contributed by atoms with Crippen LogP contribution in [0.25, 0.3) is 0 Å². The molecule has 1 amide bonds. The van der Waals surface area contributed by atoms with Crippen LogP contribution in [0, 0.1) is 0 Å². The highest BCUT2D eigenvalue weighted by Crippen LogP contribution is 2.15. The molecule has 1 fully saturated rings. The number of pyridine rings is 1. The number of carbonyl (C=O) groups is 1. The van der Waals surface area contributed by atoms with E-state index in [4.69, 9.17) is 0 Å². The number of carbonyl (C=O) groups excluding carboxylic acids is 1. The van der Waals surface area contributed by atoms with Gasteiger partial charge in [-0.1, -0.05) is 0 Å². The largest absolute Gasteiger partial charge is 0.505 e. The van der Waals surface area contributed by atoms with Crippen LogP contribution in [0.5, 0.6) is 5.75 Å². The van der Waals surface area contributed by atoms with Crippen LogP contribution < -0.4 is 0 Å². The lowest BCUT2D eigenvalue weighted by Crippen LogP contribution is -2.42. The van der Waals surface area contributed by atoms with Gasteiger partial charge in [-0.15, -0.1) is 0 Å². The van der Waals surface area contributed by atoms with Crippen molar-refractivity contribution in [1.82, 2.24) is 9.88 Å². The molecular weight excluding hydrogens is 228 g/mol. The first kappa shape index (κ1) is 11.1. The number of hydrogen-bond donors (Lipinski definition) is 1. The lowest BCUT2D eigenvalue weighted by atomic mass is 10.3. The molecule has 0 aromatic carbocycles. The maximum absolute atomic E-state index is 11.9. The molecule has 0 spiro atoms. The van der Waals surface area contributed by atoms with Gasteiger partial charge in [-0.3, -0.25) is 9.00 Å². The minimum absolute atomic E-state index is 0.0650. The molecule has 5 nitrogen and oxygen atoms in total. The van der Waals surface area contributed by atoms with Gasteiger partial charge < -0.3 is 10.0 Å². The van der Waals surface area contributed by atoms with Crippen molar-refractivity contribution in [3.8, 4) is 5.75 Å². The van der Waals surface area contributed by atoms with E-state index in [1.807, 2.05) is 0 Å². The van der Waals surface area contributed by atoms with Gasteiger partial charge in [-0.05, 0) is 12.1 Å². The highest BCUT2D eigenvalue weighted by atomic mass is 32.2. The molecule has 0 unspecified atom stereocenters. The lowest BCUT2D eigenvalue weighted by Gasteiger charge is -2.26. The zero-order valence-corrected chi connectivity index (χ0v) is 9.44. The molecule has 1 N–H and O–H groups in total. The van der Waals surface area contributed by atoms with E-state index in [0.717, 1.165) is 0 Å². The minimum Gasteiger partial charge on any atom is -0.505 e. The third kappa shape index (κ3) is 2.21. The summed E-state index contributed by atoms with van der Waals surface area (Å²) in [6, 6.07) is 3.00. The molecule has 86 valence electrons. The highest BCUT2D eigenvalue weighted by molar-refractivity contribution is 7.85. The number of amides is 1. The van der Waals surface area contributed by atoms with Gasteiger partial charge >= 0.3 is 0 Å². The topological polar surface area (TPSA) is 70.5 Å². The van der Waals surface area contributed by atoms with Crippen molar-refractivity contribution >= 4 is 16.7 Å². The van der Waals surface area contributed by atoms with Crippen molar-refractivity contribution in [3.63, 3.8) is 0 Å². The second-order valence-corrected chi connectivity index (χ2v) is 5.21. The Hall–Kier alpha value is -1.43. The Morgan fingerprint density at radius 2 is 2.12 bits per heavy atom. The predicted octanol–water partition coefficient (Wildman–Crippen LogP) is -0.00830. The van der Waals surface area contributed by atoms with Crippen molar-refractivity contribution in [1.29, 1.82) is 0 Å². The number of aromatic nitrogens is 1. The maximum atomic E-state index is 11.9. The average Bonchev–Trinajstić information content (AvgIpc) is 2.30. The second kappa shape index (κ2) is 4.61. The molecule has 0 radical (unpaired) electrons. The van der Waals surface area contributed by atoms with Crippen molar-refractivity contribution in [2.75, 3.05) is 24.6 Å². The van der Waals surface area contributed by atoms with Crippen molar-refractivity contribution < 1.29 is 14.1 Å². The van der Waals surface area contributed by atoms with Gasteiger partial charge in [0.2, 0.25) is 0 Å². The number of nitrogens with zero attached hydrogens (tertiary/aromatic N) is 2. The fraction of sp³-hybridized carbons (Fsp3) is 0.400. The molecule has 1 saturated heterocycles. The fourth-order valence-corrected chi connectivity index (χ4v) is 2.60. The molecule has 2 heterocycles. The van der Waals surface area contributed by atoms with E-state index in [2.05, 4.69) is 4.98 Å². The Labute approximate surface area is 95.6 Å². The first-order valence-electron chi connectivity index (χ1n) is 4.96. The second-order valence-electron chi connectivity index (χ2n) is 3.51. The molecule has 1 aromatic rings. The van der Waals surface area contributed by atoms with Gasteiger partial charge in [0.1, 0.15) is 5.75 Å². The normalized spacial score (nSPS) is 17.4. The van der Waals surface area contributed by atoms with Gasteiger partial charge in [0, 0.05) is 41.6 Å². The van der Waals surface area contributed by atoms with E-state index >= 15 is 0 Å². The number of hydrogen-bond acceptors (Lipinski definition) is 4. The quantitative estimate of drug-likeness (QED) is 0.749. The Morgan fingerprint density at radius 3 is 2.75 bits per heavy atom. The Morgan fingerprint density at radius 1 is 1.44 bits per heavy atom. The maximum Gasteiger partial charge on any atom is 0.276 e. The summed E-state index contributed by atoms with van der Waals surface area (Å²) < 4.78 is 11.1. The molecule has 1 aromatic heterocycles. The summed E-state index contributed by atoms with van der Waals surface area (Å²) in [6.45, 7) is 0.920. The van der Waals surface area contributed by atoms with Gasteiger partial charge in [0.25, 0.3) is 5.91 Å². The van der Waals surface area contributed by atoms with E-state index < -0.39 is 10.8 Å². The van der Waals surface area contributed by atoms with Crippen molar-refractivity contribution in [2.45, 2.75) is 0 Å². The monoisotopic (exact) mass is 240 g/mol. The molecule has 0 bridgehead atoms. The van der Waals surface area contributed by atoms with Crippen LogP contribution in [0.1, 0.15) is 10.5 Å². The highest BCUT2D eigenvalue weighted by Gasteiger charge is 2.23. The van der Waals surface area contributed by atoms with Crippen LogP contribution in [0.2, 0.25) is 0 Å². The average molecular weight is 240 g/mol. The first-order chi connectivity index (χ1) is 7.68. The third-order valence-corrected chi connectivity index (χ3v) is 3.73. The third-order valence-electron chi connectivity index (χ3n) is 2.45. The molecule has 16 heavy (non-hydrogen) atoms. The first-order valence-corrected chi connectivity index (χ1v) is 6.45. The molecule has 1 aliphatic rings. The predicted molar refractivity (Wildman–Crippen MR) is 59.7 cm³/mol. The van der Waals surface area contributed by atoms with E-state index in [0.29, 0.717) is 24.6 Å². The fourth-order valence-electron chi connectivity index (χ4n) is 1.55. The molecular formula is C10H12N2O3S. The van der Waals surface area contributed by atoms with Crippen LogP contribution in [0.4, 0.5) is 0 Å². The SMILES string of the molecule is O=C(c1ncccc1O)N1CCS(=O)CC1. The van der Waals surface area contributed by atoms with E-state index in [1.165, 1.54) is 12.3 Å². The van der Waals surface area contributed by atoms with Crippen molar-refractivity contribution in [3.05, 3.63) is 24.0 Å². The summed E-state index contributed by atoms with van der Waals surface area (Å²) in [7, 11) is -0.816. The summed E-state index contributed by atoms with van der Waals surface area (Å²) in [6.07, 6.45) is 1.47. The van der Waals surface area contributed by atoms with Gasteiger partial charge in [0.05, 0.1) is 0 Å². The summed E-state index contributed by atoms with van der Waals surface area (Å²) >= 11 is 0. The zero-order valence-electron chi connectivity index (χ0n) is 8.63. The Bertz CT molecular complexity index is 426. The van der Waals surface area contributed by atoms with Crippen LogP contribution in [0.15, 0.2) is 18.3 Å². The molecule has 1 aliphatic heterocycles. The molecule has 2 rings (SSSR count). The van der Waals surface area contributed by atoms with Gasteiger partial charge in [0.15, 0.2) is 5.69 Å². The van der Waals surface area contributed by atoms with E-state index in [-0.39, 0.29) is 17.4 Å². The van der Waals surface area contributed by atoms with Crippen LogP contribution in [0.3, 0.4) is 0 Å². The summed E-state index contributed by atoms with van der Waals surface area (Å²) in [5.74, 6) is 0.590. The standard InChI is InChI=1S/C10H12N2O3S/c13-8-2-1-3-11-9(8)10(14)12-4-6-16(15)7-5-12/h1-3,13H,4-7H2. The van der Waals surface area contributed by atoms with E-state index in [1.54, 1.807) is 11.0 Å². The van der Waals surface area contributed by atoms with Gasteiger partial charge in [-0.2, -0.15) is 0 Å². The van der Waals surface area contributed by atoms with Crippen LogP contribution >= 0.6 is 0 Å².